The van der Waals surface area contributed by atoms with E-state index in [4.69, 9.17) is 0 Å². The van der Waals surface area contributed by atoms with E-state index >= 15 is 0 Å². The van der Waals surface area contributed by atoms with Crippen molar-refractivity contribution in [3.63, 3.8) is 0 Å². The van der Waals surface area contributed by atoms with Crippen LogP contribution in [0.1, 0.15) is 0 Å². The van der Waals surface area contributed by atoms with Crippen molar-refractivity contribution in [1.82, 2.24) is 3.89 Å². The summed E-state index contributed by atoms with van der Waals surface area (Å²) in [6, 6.07) is 24.4. The molecule has 158 valence electrons. The van der Waals surface area contributed by atoms with Gasteiger partial charge in [-0.05, 0) is 18.2 Å². The first-order valence-electron chi connectivity index (χ1n) is 8.71. The SMILES string of the molecule is C=CC[N+](c1ccccc1)(c1ccccc1)S(=O)(=O)O.O=S(=O)([O-])c1ccccc1. The van der Waals surface area contributed by atoms with Crippen molar-refractivity contribution in [3.05, 3.63) is 104 Å². The highest BCUT2D eigenvalue weighted by Crippen LogP contribution is 2.37. The van der Waals surface area contributed by atoms with Gasteiger partial charge in [-0.1, -0.05) is 61.2 Å². The summed E-state index contributed by atoms with van der Waals surface area (Å²) < 4.78 is 64.2. The molecule has 9 heteroatoms. The second-order valence-corrected chi connectivity index (χ2v) is 9.00. The van der Waals surface area contributed by atoms with Crippen LogP contribution in [0.25, 0.3) is 0 Å². The van der Waals surface area contributed by atoms with Gasteiger partial charge in [0.2, 0.25) is 0 Å². The summed E-state index contributed by atoms with van der Waals surface area (Å²) in [5.41, 5.74) is 0.919. The Kier molecular flexibility index (Phi) is 7.65. The lowest BCUT2D eigenvalue weighted by molar-refractivity contribution is 0.419. The molecule has 0 fully saturated rings. The van der Waals surface area contributed by atoms with Gasteiger partial charge < -0.3 is 4.55 Å². The Bertz CT molecular complexity index is 1120. The van der Waals surface area contributed by atoms with E-state index in [2.05, 4.69) is 6.58 Å². The molecule has 3 aromatic carbocycles. The fraction of sp³-hybridized carbons (Fsp3) is 0.0476. The first kappa shape index (κ1) is 23.5. The second kappa shape index (κ2) is 9.79. The van der Waals surface area contributed by atoms with Gasteiger partial charge in [0.05, 0.1) is 4.90 Å². The monoisotopic (exact) mass is 447 g/mol. The zero-order valence-electron chi connectivity index (χ0n) is 15.9. The summed E-state index contributed by atoms with van der Waals surface area (Å²) in [6.45, 7) is 3.65. The molecule has 0 amide bonds. The molecule has 0 saturated heterocycles. The molecule has 1 N–H and O–H groups in total. The minimum Gasteiger partial charge on any atom is -0.744 e. The average molecular weight is 448 g/mol. The summed E-state index contributed by atoms with van der Waals surface area (Å²) in [4.78, 5) is -0.185. The van der Waals surface area contributed by atoms with Crippen LogP contribution in [-0.2, 0) is 20.4 Å². The highest BCUT2D eigenvalue weighted by molar-refractivity contribution is 7.86. The van der Waals surface area contributed by atoms with Crippen molar-refractivity contribution in [1.29, 1.82) is 0 Å². The van der Waals surface area contributed by atoms with Crippen LogP contribution in [0.3, 0.4) is 0 Å². The van der Waals surface area contributed by atoms with Crippen LogP contribution in [0.4, 0.5) is 11.4 Å². The van der Waals surface area contributed by atoms with Crippen molar-refractivity contribution in [2.24, 2.45) is 0 Å². The molecule has 30 heavy (non-hydrogen) atoms. The number of hydrogen-bond donors (Lipinski definition) is 1. The Hall–Kier alpha value is -2.82. The second-order valence-electron chi connectivity index (χ2n) is 6.10. The third kappa shape index (κ3) is 5.41. The van der Waals surface area contributed by atoms with Crippen LogP contribution >= 0.6 is 0 Å². The van der Waals surface area contributed by atoms with Gasteiger partial charge in [-0.2, -0.15) is 0 Å². The lowest BCUT2D eigenvalue weighted by atomic mass is 10.2. The van der Waals surface area contributed by atoms with Crippen LogP contribution in [-0.4, -0.2) is 32.5 Å². The summed E-state index contributed by atoms with van der Waals surface area (Å²) in [7, 11) is -8.68. The number of para-hydroxylation sites is 2. The lowest BCUT2D eigenvalue weighted by Crippen LogP contribution is -2.49. The molecule has 0 atom stereocenters. The van der Waals surface area contributed by atoms with Gasteiger partial charge in [0.15, 0.2) is 11.4 Å². The molecule has 3 aromatic rings. The van der Waals surface area contributed by atoms with Crippen LogP contribution < -0.4 is 3.89 Å². The maximum absolute atomic E-state index is 12.1. The van der Waals surface area contributed by atoms with Crippen molar-refractivity contribution >= 4 is 31.8 Å². The zero-order chi connectivity index (χ0) is 22.3. The molecule has 0 spiro atoms. The van der Waals surface area contributed by atoms with Crippen molar-refractivity contribution in [2.75, 3.05) is 6.54 Å². The van der Waals surface area contributed by atoms with E-state index in [0.29, 0.717) is 11.4 Å². The van der Waals surface area contributed by atoms with E-state index < -0.39 is 24.3 Å². The van der Waals surface area contributed by atoms with Crippen molar-refractivity contribution in [2.45, 2.75) is 4.90 Å². The fourth-order valence-electron chi connectivity index (χ4n) is 2.83. The molecule has 0 radical (unpaired) electrons. The van der Waals surface area contributed by atoms with E-state index in [1.807, 2.05) is 0 Å². The number of rotatable bonds is 6. The molecule has 0 bridgehead atoms. The van der Waals surface area contributed by atoms with Crippen LogP contribution in [0.5, 0.6) is 0 Å². The lowest BCUT2D eigenvalue weighted by Gasteiger charge is -2.31. The molecule has 0 heterocycles. The maximum Gasteiger partial charge on any atom is 0.443 e. The standard InChI is InChI=1S/C15H15NO3S.C6H6O3S/c1-2-13-16(20(17,18)19,14-9-5-3-6-10-14)15-11-7-4-8-12-15;7-10(8,9)6-4-2-1-3-5-6/h2-12H,1,13H2;1-5H,(H,7,8,9). The minimum absolute atomic E-state index is 0.0346. The van der Waals surface area contributed by atoms with Gasteiger partial charge in [-0.15, -0.1) is 12.3 Å². The third-order valence-corrected chi connectivity index (χ3v) is 6.37. The highest BCUT2D eigenvalue weighted by atomic mass is 32.2. The van der Waals surface area contributed by atoms with Gasteiger partial charge in [0.1, 0.15) is 16.7 Å². The largest absolute Gasteiger partial charge is 0.744 e. The van der Waals surface area contributed by atoms with Gasteiger partial charge in [-0.3, -0.25) is 0 Å². The van der Waals surface area contributed by atoms with Gasteiger partial charge in [0.25, 0.3) is 0 Å². The number of benzene rings is 3. The summed E-state index contributed by atoms with van der Waals surface area (Å²) >= 11 is 0. The molecule has 0 aliphatic heterocycles. The molecule has 0 unspecified atom stereocenters. The Morgan fingerprint density at radius 3 is 1.40 bits per heavy atom. The molecular formula is C21H21NO6S2. The van der Waals surface area contributed by atoms with Crippen LogP contribution in [0.15, 0.2) is 109 Å². The smallest absolute Gasteiger partial charge is 0.443 e. The van der Waals surface area contributed by atoms with Gasteiger partial charge in [0, 0.05) is 24.3 Å². The summed E-state index contributed by atoms with van der Waals surface area (Å²) in [5.74, 6) is 0. The quantitative estimate of drug-likeness (QED) is 0.348. The fourth-order valence-corrected chi connectivity index (χ4v) is 4.39. The van der Waals surface area contributed by atoms with Crippen LogP contribution in [0.2, 0.25) is 0 Å². The topological polar surface area (TPSA) is 112 Å². The molecule has 0 aliphatic rings. The van der Waals surface area contributed by atoms with E-state index in [0.717, 1.165) is 0 Å². The first-order chi connectivity index (χ1) is 14.1. The van der Waals surface area contributed by atoms with E-state index in [9.17, 15) is 25.9 Å². The van der Waals surface area contributed by atoms with Crippen molar-refractivity contribution < 1.29 is 25.9 Å². The Morgan fingerprint density at radius 2 is 1.13 bits per heavy atom. The van der Waals surface area contributed by atoms with Crippen molar-refractivity contribution in [3.8, 4) is 0 Å². The van der Waals surface area contributed by atoms with Gasteiger partial charge >= 0.3 is 10.3 Å². The minimum atomic E-state index is -4.43. The summed E-state index contributed by atoms with van der Waals surface area (Å²) in [5, 5.41) is 0. The van der Waals surface area contributed by atoms with E-state index in [-0.39, 0.29) is 11.4 Å². The highest BCUT2D eigenvalue weighted by Gasteiger charge is 2.44. The first-order valence-corrected chi connectivity index (χ1v) is 11.5. The van der Waals surface area contributed by atoms with E-state index in [1.54, 1.807) is 66.7 Å². The normalized spacial score (nSPS) is 11.8. The average Bonchev–Trinajstić information content (AvgIpc) is 2.73. The number of hydrogen-bond acceptors (Lipinski definition) is 5. The predicted octanol–water partition coefficient (Wildman–Crippen LogP) is 3.91. The third-order valence-electron chi connectivity index (χ3n) is 4.16. The molecule has 3 rings (SSSR count). The molecule has 7 nitrogen and oxygen atoms in total. The maximum atomic E-state index is 12.1. The summed E-state index contributed by atoms with van der Waals surface area (Å²) in [6.07, 6.45) is 1.48. The van der Waals surface area contributed by atoms with E-state index in [1.165, 1.54) is 30.3 Å². The molecule has 0 saturated carbocycles. The Balaban J connectivity index is 0.000000269. The van der Waals surface area contributed by atoms with Gasteiger partial charge in [-0.25, -0.2) is 13.0 Å². The molecular weight excluding hydrogens is 426 g/mol. The predicted molar refractivity (Wildman–Crippen MR) is 115 cm³/mol. The number of nitrogens with zero attached hydrogens (tertiary/aromatic N) is 1. The van der Waals surface area contributed by atoms with Crippen LogP contribution in [0, 0.1) is 0 Å². The Labute approximate surface area is 176 Å². The molecule has 0 aromatic heterocycles. The zero-order valence-corrected chi connectivity index (χ0v) is 17.5. The molecule has 0 aliphatic carbocycles. The number of quaternary nitrogens is 1. The Morgan fingerprint density at radius 1 is 0.767 bits per heavy atom.